The molecule has 1 saturated heterocycles. The number of carbonyl (C=O) groups is 1. The maximum atomic E-state index is 14.3. The van der Waals surface area contributed by atoms with Crippen molar-refractivity contribution in [2.75, 3.05) is 9.21 Å². The van der Waals surface area contributed by atoms with Gasteiger partial charge in [0.05, 0.1) is 10.6 Å². The second kappa shape index (κ2) is 9.75. The highest BCUT2D eigenvalue weighted by Crippen LogP contribution is 2.39. The molecule has 188 valence electrons. The number of amides is 1. The molecule has 2 atom stereocenters. The van der Waals surface area contributed by atoms with Crippen molar-refractivity contribution >= 4 is 27.3 Å². The minimum atomic E-state index is -4.09. The topological polar surface area (TPSA) is 66.9 Å². The quantitative estimate of drug-likeness (QED) is 0.301. The molecule has 0 aliphatic carbocycles. The third-order valence-electron chi connectivity index (χ3n) is 6.38. The molecule has 4 aromatic rings. The highest BCUT2D eigenvalue weighted by molar-refractivity contribution is 7.92. The van der Waals surface area contributed by atoms with Crippen LogP contribution in [0.2, 0.25) is 0 Å². The average Bonchev–Trinajstić information content (AvgIpc) is 2.88. The molecule has 6 nitrogen and oxygen atoms in total. The van der Waals surface area contributed by atoms with Gasteiger partial charge in [-0.3, -0.25) is 9.69 Å². The van der Waals surface area contributed by atoms with E-state index in [9.17, 15) is 13.2 Å². The third-order valence-corrected chi connectivity index (χ3v) is 8.19. The van der Waals surface area contributed by atoms with Crippen LogP contribution in [0, 0.1) is 20.8 Å². The van der Waals surface area contributed by atoms with Gasteiger partial charge in [0.15, 0.2) is 6.17 Å². The Kier molecular flexibility index (Phi) is 6.48. The molecule has 7 heteroatoms. The van der Waals surface area contributed by atoms with Crippen molar-refractivity contribution in [3.63, 3.8) is 0 Å². The van der Waals surface area contributed by atoms with E-state index in [4.69, 9.17) is 4.74 Å². The molecule has 0 spiro atoms. The molecule has 0 aromatic heterocycles. The van der Waals surface area contributed by atoms with Crippen LogP contribution < -0.4 is 13.9 Å². The van der Waals surface area contributed by atoms with Gasteiger partial charge in [-0.25, -0.2) is 12.7 Å². The fourth-order valence-electron chi connectivity index (χ4n) is 4.51. The van der Waals surface area contributed by atoms with Gasteiger partial charge in [0.2, 0.25) is 6.10 Å². The van der Waals surface area contributed by atoms with Gasteiger partial charge in [-0.1, -0.05) is 60.2 Å². The van der Waals surface area contributed by atoms with Gasteiger partial charge in [0.25, 0.3) is 15.9 Å². The van der Waals surface area contributed by atoms with Crippen LogP contribution in [-0.4, -0.2) is 26.6 Å². The van der Waals surface area contributed by atoms with E-state index in [2.05, 4.69) is 0 Å². The number of ether oxygens (including phenoxy) is 1. The van der Waals surface area contributed by atoms with Crippen LogP contribution in [0.15, 0.2) is 108 Å². The summed E-state index contributed by atoms with van der Waals surface area (Å²) in [6.45, 7) is 5.74. The third kappa shape index (κ3) is 4.70. The molecule has 0 radical (unpaired) electrons. The number of carbonyl (C=O) groups excluding carboxylic acids is 1. The Labute approximate surface area is 217 Å². The number of hydrogen-bond acceptors (Lipinski definition) is 4. The lowest BCUT2D eigenvalue weighted by atomic mass is 10.0. The molecule has 1 aliphatic heterocycles. The lowest BCUT2D eigenvalue weighted by Gasteiger charge is -2.51. The highest BCUT2D eigenvalue weighted by atomic mass is 32.2. The molecule has 0 unspecified atom stereocenters. The predicted octanol–water partition coefficient (Wildman–Crippen LogP) is 5.63. The van der Waals surface area contributed by atoms with Gasteiger partial charge in [0.1, 0.15) is 5.75 Å². The predicted molar refractivity (Wildman–Crippen MR) is 145 cm³/mol. The summed E-state index contributed by atoms with van der Waals surface area (Å²) in [6, 6.07) is 30.5. The van der Waals surface area contributed by atoms with Crippen LogP contribution >= 0.6 is 0 Å². The van der Waals surface area contributed by atoms with E-state index in [1.54, 1.807) is 42.5 Å². The average molecular weight is 513 g/mol. The Morgan fingerprint density at radius 2 is 1.38 bits per heavy atom. The minimum absolute atomic E-state index is 0.140. The lowest BCUT2D eigenvalue weighted by molar-refractivity contribution is -0.134. The van der Waals surface area contributed by atoms with Crippen molar-refractivity contribution in [1.82, 2.24) is 0 Å². The molecule has 0 saturated carbocycles. The molecule has 1 fully saturated rings. The van der Waals surface area contributed by atoms with E-state index in [0.717, 1.165) is 16.7 Å². The van der Waals surface area contributed by atoms with Crippen LogP contribution in [0.4, 0.5) is 11.4 Å². The zero-order chi connectivity index (χ0) is 26.2. The molecule has 0 bridgehead atoms. The molecule has 1 amide bonds. The SMILES string of the molecule is Cc1ccc(S(=O)(=O)N(c2cccc(C)c2)[C@@H]2[C@@H](Oc3ccccc3)C(=O)N2c2cccc(C)c2)cc1. The van der Waals surface area contributed by atoms with Crippen LogP contribution in [-0.2, 0) is 14.8 Å². The summed E-state index contributed by atoms with van der Waals surface area (Å²) in [4.78, 5) is 15.2. The Morgan fingerprint density at radius 1 is 0.730 bits per heavy atom. The number of anilines is 2. The van der Waals surface area contributed by atoms with Crippen LogP contribution in [0.3, 0.4) is 0 Å². The Bertz CT molecular complexity index is 1540. The number of hydrogen-bond donors (Lipinski definition) is 0. The van der Waals surface area contributed by atoms with Crippen molar-refractivity contribution in [3.8, 4) is 5.75 Å². The second-order valence-electron chi connectivity index (χ2n) is 9.27. The van der Waals surface area contributed by atoms with E-state index in [0.29, 0.717) is 17.1 Å². The summed E-state index contributed by atoms with van der Waals surface area (Å²) in [5.74, 6) is 0.183. The van der Waals surface area contributed by atoms with E-state index in [-0.39, 0.29) is 10.8 Å². The maximum Gasteiger partial charge on any atom is 0.274 e. The molecule has 1 aliphatic rings. The zero-order valence-electron chi connectivity index (χ0n) is 20.9. The van der Waals surface area contributed by atoms with Crippen molar-refractivity contribution in [3.05, 3.63) is 120 Å². The minimum Gasteiger partial charge on any atom is -0.476 e. The molecular weight excluding hydrogens is 484 g/mol. The molecule has 1 heterocycles. The van der Waals surface area contributed by atoms with Gasteiger partial charge in [-0.05, 0) is 80.4 Å². The van der Waals surface area contributed by atoms with Gasteiger partial charge in [-0.15, -0.1) is 0 Å². The number of β-lactam (4-membered cyclic amide) rings is 1. The van der Waals surface area contributed by atoms with Gasteiger partial charge in [-0.2, -0.15) is 0 Å². The summed E-state index contributed by atoms with van der Waals surface area (Å²) in [6.07, 6.45) is -1.98. The summed E-state index contributed by atoms with van der Waals surface area (Å²) in [5, 5.41) is 0. The van der Waals surface area contributed by atoms with Crippen LogP contribution in [0.1, 0.15) is 16.7 Å². The summed E-state index contributed by atoms with van der Waals surface area (Å²) in [7, 11) is -4.09. The van der Waals surface area contributed by atoms with E-state index in [1.165, 1.54) is 9.21 Å². The van der Waals surface area contributed by atoms with Crippen molar-refractivity contribution in [2.45, 2.75) is 37.9 Å². The first-order valence-corrected chi connectivity index (χ1v) is 13.5. The largest absolute Gasteiger partial charge is 0.476 e. The normalized spacial score (nSPS) is 17.3. The molecular formula is C30H28N2O4S. The molecule has 0 N–H and O–H groups in total. The number of para-hydroxylation sites is 1. The molecule has 37 heavy (non-hydrogen) atoms. The fourth-order valence-corrected chi connectivity index (χ4v) is 6.10. The van der Waals surface area contributed by atoms with Crippen molar-refractivity contribution in [1.29, 1.82) is 0 Å². The van der Waals surface area contributed by atoms with Crippen LogP contribution in [0.5, 0.6) is 5.75 Å². The molecule has 4 aromatic carbocycles. The van der Waals surface area contributed by atoms with E-state index < -0.39 is 22.3 Å². The van der Waals surface area contributed by atoms with Crippen LogP contribution in [0.25, 0.3) is 0 Å². The van der Waals surface area contributed by atoms with Gasteiger partial charge < -0.3 is 4.74 Å². The van der Waals surface area contributed by atoms with Crippen molar-refractivity contribution < 1.29 is 17.9 Å². The number of aryl methyl sites for hydroxylation is 3. The Balaban J connectivity index is 1.68. The standard InChI is InChI=1S/C30H28N2O4S/c1-21-15-17-27(18-16-21)37(34,35)32(25-12-8-10-23(3)20-25)29-28(36-26-13-5-4-6-14-26)30(33)31(29)24-11-7-9-22(2)19-24/h4-20,28-29H,1-3H3/t28-,29-/m1/s1. The number of rotatable bonds is 7. The van der Waals surface area contributed by atoms with E-state index >= 15 is 0 Å². The summed E-state index contributed by atoms with van der Waals surface area (Å²) >= 11 is 0. The highest BCUT2D eigenvalue weighted by Gasteiger charge is 2.56. The fraction of sp³-hybridized carbons (Fsp3) is 0.167. The Hall–Kier alpha value is -4.10. The van der Waals surface area contributed by atoms with Gasteiger partial charge in [0, 0.05) is 5.69 Å². The number of sulfonamides is 1. The first-order valence-electron chi connectivity index (χ1n) is 12.0. The summed E-state index contributed by atoms with van der Waals surface area (Å²) in [5.41, 5.74) is 3.87. The molecule has 5 rings (SSSR count). The lowest BCUT2D eigenvalue weighted by Crippen LogP contribution is -2.74. The van der Waals surface area contributed by atoms with Gasteiger partial charge >= 0.3 is 0 Å². The smallest absolute Gasteiger partial charge is 0.274 e. The van der Waals surface area contributed by atoms with Crippen molar-refractivity contribution in [2.24, 2.45) is 0 Å². The monoisotopic (exact) mass is 512 g/mol. The van der Waals surface area contributed by atoms with E-state index in [1.807, 2.05) is 81.4 Å². The first-order chi connectivity index (χ1) is 17.8. The first kappa shape index (κ1) is 24.6. The Morgan fingerprint density at radius 3 is 2.03 bits per heavy atom. The second-order valence-corrected chi connectivity index (χ2v) is 11.1. The number of benzene rings is 4. The maximum absolute atomic E-state index is 14.3. The summed E-state index contributed by atoms with van der Waals surface area (Å²) < 4.78 is 36.0. The number of nitrogens with zero attached hydrogens (tertiary/aromatic N) is 2. The zero-order valence-corrected chi connectivity index (χ0v) is 21.7.